The summed E-state index contributed by atoms with van der Waals surface area (Å²) in [5.74, 6) is 0.891. The first-order chi connectivity index (χ1) is 11.8. The van der Waals surface area contributed by atoms with Crippen LogP contribution in [0, 0.1) is 5.92 Å². The second-order valence-electron chi connectivity index (χ2n) is 6.38. The van der Waals surface area contributed by atoms with Crippen LogP contribution < -0.4 is 5.32 Å². The Balaban J connectivity index is 0.00000338. The number of likely N-dealkylation sites (tertiary alicyclic amines) is 1. The van der Waals surface area contributed by atoms with Crippen molar-refractivity contribution in [1.29, 1.82) is 0 Å². The molecule has 0 saturated carbocycles. The molecular weight excluding hydrogens is 480 g/mol. The largest absolute Gasteiger partial charge is 0.401 e. The molecule has 1 aliphatic heterocycles. The molecule has 26 heavy (non-hydrogen) atoms. The van der Waals surface area contributed by atoms with Gasteiger partial charge >= 0.3 is 6.18 Å². The summed E-state index contributed by atoms with van der Waals surface area (Å²) in [5, 5.41) is 3.96. The molecular formula is C17H25ClF3IN4. The molecule has 0 aliphatic carbocycles. The van der Waals surface area contributed by atoms with Crippen molar-refractivity contribution in [3.8, 4) is 0 Å². The van der Waals surface area contributed by atoms with Crippen molar-refractivity contribution in [2.24, 2.45) is 10.9 Å². The van der Waals surface area contributed by atoms with Gasteiger partial charge in [-0.3, -0.25) is 9.89 Å². The third kappa shape index (κ3) is 7.48. The fraction of sp³-hybridized carbons (Fsp3) is 0.588. The Kier molecular flexibility index (Phi) is 9.46. The molecule has 1 unspecified atom stereocenters. The summed E-state index contributed by atoms with van der Waals surface area (Å²) >= 11 is 6.18. The average Bonchev–Trinajstić information content (AvgIpc) is 2.95. The number of rotatable bonds is 5. The van der Waals surface area contributed by atoms with Crippen molar-refractivity contribution < 1.29 is 13.2 Å². The Hall–Kier alpha value is -0.740. The summed E-state index contributed by atoms with van der Waals surface area (Å²) in [6.45, 7) is 1.32. The van der Waals surface area contributed by atoms with Crippen LogP contribution in [0.3, 0.4) is 0 Å². The van der Waals surface area contributed by atoms with Crippen LogP contribution in [0.4, 0.5) is 13.2 Å². The molecule has 1 saturated heterocycles. The highest BCUT2D eigenvalue weighted by Gasteiger charge is 2.34. The predicted octanol–water partition coefficient (Wildman–Crippen LogP) is 3.85. The van der Waals surface area contributed by atoms with E-state index in [-0.39, 0.29) is 29.9 Å². The summed E-state index contributed by atoms with van der Waals surface area (Å²) in [4.78, 5) is 7.66. The zero-order chi connectivity index (χ0) is 18.4. The Bertz CT molecular complexity index is 598. The van der Waals surface area contributed by atoms with E-state index in [9.17, 15) is 13.2 Å². The summed E-state index contributed by atoms with van der Waals surface area (Å²) < 4.78 is 37.4. The molecule has 1 aromatic rings. The summed E-state index contributed by atoms with van der Waals surface area (Å²) in [6.07, 6.45) is -3.37. The number of nitrogens with zero attached hydrogens (tertiary/aromatic N) is 3. The first-order valence-corrected chi connectivity index (χ1v) is 8.60. The van der Waals surface area contributed by atoms with Crippen LogP contribution in [0.1, 0.15) is 12.0 Å². The highest BCUT2D eigenvalue weighted by molar-refractivity contribution is 14.0. The number of hydrogen-bond acceptors (Lipinski definition) is 2. The second-order valence-corrected chi connectivity index (χ2v) is 6.79. The Morgan fingerprint density at radius 2 is 2.08 bits per heavy atom. The molecule has 148 valence electrons. The molecule has 0 spiro atoms. The molecule has 0 amide bonds. The SMILES string of the molecule is CN=C(NCC1CCN(CC(F)(F)F)C1)N(C)Cc1ccccc1Cl.I. The molecule has 9 heteroatoms. The van der Waals surface area contributed by atoms with E-state index in [1.807, 2.05) is 36.2 Å². The van der Waals surface area contributed by atoms with Gasteiger partial charge in [0, 0.05) is 38.8 Å². The number of benzene rings is 1. The minimum atomic E-state index is -4.13. The fourth-order valence-electron chi connectivity index (χ4n) is 3.05. The van der Waals surface area contributed by atoms with Crippen molar-refractivity contribution in [2.45, 2.75) is 19.1 Å². The van der Waals surface area contributed by atoms with Gasteiger partial charge in [0.2, 0.25) is 0 Å². The van der Waals surface area contributed by atoms with Crippen LogP contribution >= 0.6 is 35.6 Å². The van der Waals surface area contributed by atoms with E-state index in [1.165, 1.54) is 4.90 Å². The van der Waals surface area contributed by atoms with Crippen LogP contribution in [-0.2, 0) is 6.54 Å². The Morgan fingerprint density at radius 1 is 1.38 bits per heavy atom. The van der Waals surface area contributed by atoms with Crippen LogP contribution in [0.25, 0.3) is 0 Å². The monoisotopic (exact) mass is 504 g/mol. The van der Waals surface area contributed by atoms with E-state index >= 15 is 0 Å². The van der Waals surface area contributed by atoms with E-state index in [2.05, 4.69) is 10.3 Å². The van der Waals surface area contributed by atoms with E-state index in [0.717, 1.165) is 12.0 Å². The number of hydrogen-bond donors (Lipinski definition) is 1. The van der Waals surface area contributed by atoms with Crippen molar-refractivity contribution in [3.05, 3.63) is 34.9 Å². The summed E-state index contributed by atoms with van der Waals surface area (Å²) in [6, 6.07) is 7.61. The smallest absolute Gasteiger partial charge is 0.356 e. The average molecular weight is 505 g/mol. The lowest BCUT2D eigenvalue weighted by Crippen LogP contribution is -2.41. The van der Waals surface area contributed by atoms with E-state index < -0.39 is 12.7 Å². The van der Waals surface area contributed by atoms with Crippen LogP contribution in [0.2, 0.25) is 5.02 Å². The minimum absolute atomic E-state index is 0. The number of aliphatic imine (C=N–C) groups is 1. The first kappa shape index (κ1) is 23.3. The molecule has 1 atom stereocenters. The maximum atomic E-state index is 12.5. The molecule has 1 aliphatic rings. The summed E-state index contributed by atoms with van der Waals surface area (Å²) in [5.41, 5.74) is 0.992. The maximum Gasteiger partial charge on any atom is 0.401 e. The lowest BCUT2D eigenvalue weighted by molar-refractivity contribution is -0.143. The molecule has 1 heterocycles. The van der Waals surface area contributed by atoms with Gasteiger partial charge in [0.25, 0.3) is 0 Å². The topological polar surface area (TPSA) is 30.9 Å². The Morgan fingerprint density at radius 3 is 2.69 bits per heavy atom. The predicted molar refractivity (Wildman–Crippen MR) is 110 cm³/mol. The van der Waals surface area contributed by atoms with Gasteiger partial charge in [0.1, 0.15) is 0 Å². The summed E-state index contributed by atoms with van der Waals surface area (Å²) in [7, 11) is 3.60. The van der Waals surface area contributed by atoms with Crippen molar-refractivity contribution in [2.75, 3.05) is 40.3 Å². The number of nitrogens with one attached hydrogen (secondary N) is 1. The third-order valence-corrected chi connectivity index (χ3v) is 4.63. The van der Waals surface area contributed by atoms with Gasteiger partial charge in [0.05, 0.1) is 6.54 Å². The molecule has 0 radical (unpaired) electrons. The van der Waals surface area contributed by atoms with Gasteiger partial charge in [0.15, 0.2) is 5.96 Å². The normalized spacial score (nSPS) is 18.5. The van der Waals surface area contributed by atoms with Gasteiger partial charge in [-0.1, -0.05) is 29.8 Å². The number of guanidine groups is 1. The first-order valence-electron chi connectivity index (χ1n) is 8.23. The molecule has 0 bridgehead atoms. The highest BCUT2D eigenvalue weighted by atomic mass is 127. The van der Waals surface area contributed by atoms with Gasteiger partial charge < -0.3 is 10.2 Å². The molecule has 1 N–H and O–H groups in total. The zero-order valence-corrected chi connectivity index (χ0v) is 18.0. The standard InChI is InChI=1S/C17H24ClF3N4.HI/c1-22-16(24(2)11-14-5-3-4-6-15(14)18)23-9-13-7-8-25(10-13)12-17(19,20)21;/h3-6,13H,7-12H2,1-2H3,(H,22,23);1H. The molecule has 1 aromatic carbocycles. The quantitative estimate of drug-likeness (QED) is 0.375. The van der Waals surface area contributed by atoms with E-state index in [4.69, 9.17) is 11.6 Å². The van der Waals surface area contributed by atoms with Crippen LogP contribution in [0.15, 0.2) is 29.3 Å². The molecule has 4 nitrogen and oxygen atoms in total. The zero-order valence-electron chi connectivity index (χ0n) is 14.9. The maximum absolute atomic E-state index is 12.5. The van der Waals surface area contributed by atoms with Gasteiger partial charge in [-0.05, 0) is 30.5 Å². The second kappa shape index (κ2) is 10.6. The van der Waals surface area contributed by atoms with Crippen LogP contribution in [0.5, 0.6) is 0 Å². The molecule has 1 fully saturated rings. The highest BCUT2D eigenvalue weighted by Crippen LogP contribution is 2.22. The van der Waals surface area contributed by atoms with Gasteiger partial charge in [-0.15, -0.1) is 24.0 Å². The number of halogens is 5. The van der Waals surface area contributed by atoms with Crippen molar-refractivity contribution in [3.63, 3.8) is 0 Å². The van der Waals surface area contributed by atoms with E-state index in [1.54, 1.807) is 7.05 Å². The molecule has 0 aromatic heterocycles. The minimum Gasteiger partial charge on any atom is -0.356 e. The Labute approximate surface area is 174 Å². The van der Waals surface area contributed by atoms with Crippen LogP contribution in [-0.4, -0.2) is 62.2 Å². The van der Waals surface area contributed by atoms with Crippen molar-refractivity contribution >= 4 is 41.5 Å². The number of alkyl halides is 3. The third-order valence-electron chi connectivity index (χ3n) is 4.26. The lowest BCUT2D eigenvalue weighted by Gasteiger charge is -2.24. The van der Waals surface area contributed by atoms with Crippen molar-refractivity contribution in [1.82, 2.24) is 15.1 Å². The van der Waals surface area contributed by atoms with Gasteiger partial charge in [-0.25, -0.2) is 0 Å². The lowest BCUT2D eigenvalue weighted by atomic mass is 10.1. The molecule has 2 rings (SSSR count). The van der Waals surface area contributed by atoms with E-state index in [0.29, 0.717) is 37.2 Å². The fourth-order valence-corrected chi connectivity index (χ4v) is 3.25. The van der Waals surface area contributed by atoms with Gasteiger partial charge in [-0.2, -0.15) is 13.2 Å².